The van der Waals surface area contributed by atoms with E-state index < -0.39 is 0 Å². The number of hydrogen-bond acceptors (Lipinski definition) is 5. The standard InChI is InChI=1S/C19H15Cl4N5O2S/c1-28-15(8-16(29)25-14-4-2-3-11(21)18(14)23)26-27-19(28)31-9-17(30)24-13-6-5-10(20)7-12(13)22/h2-7H,8-9H2,1H3,(H,24,30)(H,25,29). The van der Waals surface area contributed by atoms with E-state index in [0.29, 0.717) is 37.4 Å². The first-order valence-corrected chi connectivity index (χ1v) is 11.2. The van der Waals surface area contributed by atoms with Gasteiger partial charge in [0.1, 0.15) is 5.82 Å². The fraction of sp³-hybridized carbons (Fsp3) is 0.158. The highest BCUT2D eigenvalue weighted by Crippen LogP contribution is 2.29. The molecule has 3 aromatic rings. The summed E-state index contributed by atoms with van der Waals surface area (Å²) in [5.74, 6) is -0.0901. The van der Waals surface area contributed by atoms with Gasteiger partial charge < -0.3 is 15.2 Å². The van der Waals surface area contributed by atoms with Gasteiger partial charge in [-0.3, -0.25) is 9.59 Å². The number of nitrogens with zero attached hydrogens (tertiary/aromatic N) is 3. The van der Waals surface area contributed by atoms with Gasteiger partial charge in [-0.1, -0.05) is 64.2 Å². The number of hydrogen-bond donors (Lipinski definition) is 2. The first-order valence-electron chi connectivity index (χ1n) is 8.74. The van der Waals surface area contributed by atoms with Gasteiger partial charge in [0, 0.05) is 12.1 Å². The van der Waals surface area contributed by atoms with Gasteiger partial charge in [0.25, 0.3) is 0 Å². The normalized spacial score (nSPS) is 10.7. The van der Waals surface area contributed by atoms with Crippen LogP contribution < -0.4 is 10.6 Å². The molecule has 0 saturated carbocycles. The number of nitrogens with one attached hydrogen (secondary N) is 2. The van der Waals surface area contributed by atoms with Crippen molar-refractivity contribution in [3.63, 3.8) is 0 Å². The van der Waals surface area contributed by atoms with E-state index in [9.17, 15) is 9.59 Å². The molecule has 7 nitrogen and oxygen atoms in total. The largest absolute Gasteiger partial charge is 0.324 e. The third-order valence-electron chi connectivity index (χ3n) is 4.01. The van der Waals surface area contributed by atoms with Crippen molar-refractivity contribution in [2.75, 3.05) is 16.4 Å². The third kappa shape index (κ3) is 6.27. The average Bonchev–Trinajstić information content (AvgIpc) is 3.05. The van der Waals surface area contributed by atoms with Crippen LogP contribution in [-0.2, 0) is 23.1 Å². The number of halogens is 4. The maximum atomic E-state index is 12.3. The van der Waals surface area contributed by atoms with Crippen LogP contribution in [-0.4, -0.2) is 32.3 Å². The maximum absolute atomic E-state index is 12.3. The Balaban J connectivity index is 1.56. The van der Waals surface area contributed by atoms with E-state index in [1.807, 2.05) is 0 Å². The molecule has 0 aliphatic carbocycles. The Bertz CT molecular complexity index is 1140. The second-order valence-electron chi connectivity index (χ2n) is 6.25. The first-order chi connectivity index (χ1) is 14.7. The second kappa shape index (κ2) is 10.6. The van der Waals surface area contributed by atoms with Gasteiger partial charge in [0.05, 0.1) is 38.6 Å². The lowest BCUT2D eigenvalue weighted by atomic mass is 10.3. The topological polar surface area (TPSA) is 88.9 Å². The lowest BCUT2D eigenvalue weighted by Crippen LogP contribution is -2.17. The van der Waals surface area contributed by atoms with Gasteiger partial charge in [-0.25, -0.2) is 0 Å². The van der Waals surface area contributed by atoms with Crippen LogP contribution in [0.25, 0.3) is 0 Å². The number of thioether (sulfide) groups is 1. The zero-order chi connectivity index (χ0) is 22.5. The average molecular weight is 519 g/mol. The Labute approximate surface area is 202 Å². The van der Waals surface area contributed by atoms with Gasteiger partial charge in [0.2, 0.25) is 11.8 Å². The van der Waals surface area contributed by atoms with E-state index >= 15 is 0 Å². The summed E-state index contributed by atoms with van der Waals surface area (Å²) >= 11 is 25.1. The molecule has 0 spiro atoms. The summed E-state index contributed by atoms with van der Waals surface area (Å²) < 4.78 is 1.65. The summed E-state index contributed by atoms with van der Waals surface area (Å²) in [6.07, 6.45) is -0.0283. The van der Waals surface area contributed by atoms with E-state index in [1.54, 1.807) is 48.0 Å². The van der Waals surface area contributed by atoms with E-state index in [-0.39, 0.29) is 29.0 Å². The molecule has 1 heterocycles. The van der Waals surface area contributed by atoms with Crippen LogP contribution in [0.4, 0.5) is 11.4 Å². The highest BCUT2D eigenvalue weighted by molar-refractivity contribution is 7.99. The fourth-order valence-corrected chi connectivity index (χ4v) is 4.00. The molecule has 0 saturated heterocycles. The Morgan fingerprint density at radius 3 is 2.45 bits per heavy atom. The van der Waals surface area contributed by atoms with Gasteiger partial charge in [-0.05, 0) is 30.3 Å². The molecule has 0 radical (unpaired) electrons. The molecule has 2 amide bonds. The van der Waals surface area contributed by atoms with Crippen LogP contribution in [0.2, 0.25) is 20.1 Å². The monoisotopic (exact) mass is 517 g/mol. The molecule has 31 heavy (non-hydrogen) atoms. The van der Waals surface area contributed by atoms with Gasteiger partial charge >= 0.3 is 0 Å². The van der Waals surface area contributed by atoms with Gasteiger partial charge in [0.15, 0.2) is 5.16 Å². The number of amides is 2. The van der Waals surface area contributed by atoms with Gasteiger partial charge in [-0.2, -0.15) is 0 Å². The molecular formula is C19H15Cl4N5O2S. The highest BCUT2D eigenvalue weighted by atomic mass is 35.5. The van der Waals surface area contributed by atoms with Crippen molar-refractivity contribution in [1.29, 1.82) is 0 Å². The summed E-state index contributed by atoms with van der Waals surface area (Å²) in [4.78, 5) is 24.6. The Hall–Kier alpha value is -1.97. The van der Waals surface area contributed by atoms with Crippen molar-refractivity contribution in [2.45, 2.75) is 11.6 Å². The molecule has 0 fully saturated rings. The summed E-state index contributed by atoms with van der Waals surface area (Å²) in [7, 11) is 1.71. The molecule has 0 aliphatic rings. The minimum atomic E-state index is -0.327. The second-order valence-corrected chi connectivity index (χ2v) is 8.82. The molecule has 0 aliphatic heterocycles. The van der Waals surface area contributed by atoms with Crippen molar-refractivity contribution < 1.29 is 9.59 Å². The van der Waals surface area contributed by atoms with E-state index in [4.69, 9.17) is 46.4 Å². The van der Waals surface area contributed by atoms with Crippen molar-refractivity contribution >= 4 is 81.4 Å². The Kier molecular flexibility index (Phi) is 8.07. The van der Waals surface area contributed by atoms with Gasteiger partial charge in [-0.15, -0.1) is 10.2 Å². The maximum Gasteiger partial charge on any atom is 0.234 e. The van der Waals surface area contributed by atoms with Crippen LogP contribution in [0.1, 0.15) is 5.82 Å². The number of aromatic nitrogens is 3. The zero-order valence-electron chi connectivity index (χ0n) is 16.0. The predicted octanol–water partition coefficient (Wildman–Crippen LogP) is 5.34. The lowest BCUT2D eigenvalue weighted by molar-refractivity contribution is -0.116. The lowest BCUT2D eigenvalue weighted by Gasteiger charge is -2.09. The highest BCUT2D eigenvalue weighted by Gasteiger charge is 2.16. The molecule has 0 unspecified atom stereocenters. The van der Waals surface area contributed by atoms with Crippen molar-refractivity contribution in [1.82, 2.24) is 14.8 Å². The molecule has 0 bridgehead atoms. The number of rotatable bonds is 7. The number of carbonyl (C=O) groups is 2. The predicted molar refractivity (Wildman–Crippen MR) is 126 cm³/mol. The number of benzene rings is 2. The summed E-state index contributed by atoms with van der Waals surface area (Å²) in [6.45, 7) is 0. The third-order valence-corrected chi connectivity index (χ3v) is 6.39. The first kappa shape index (κ1) is 23.7. The van der Waals surface area contributed by atoms with Crippen LogP contribution in [0.15, 0.2) is 41.6 Å². The van der Waals surface area contributed by atoms with Crippen LogP contribution in [0.5, 0.6) is 0 Å². The summed E-state index contributed by atoms with van der Waals surface area (Å²) in [5.41, 5.74) is 0.875. The minimum Gasteiger partial charge on any atom is -0.324 e. The van der Waals surface area contributed by atoms with Crippen LogP contribution in [0.3, 0.4) is 0 Å². The minimum absolute atomic E-state index is 0.0283. The van der Waals surface area contributed by atoms with Crippen molar-refractivity contribution in [3.8, 4) is 0 Å². The van der Waals surface area contributed by atoms with E-state index in [1.165, 1.54) is 11.8 Å². The van der Waals surface area contributed by atoms with Crippen LogP contribution in [0, 0.1) is 0 Å². The molecule has 2 N–H and O–H groups in total. The number of carbonyl (C=O) groups excluding carboxylic acids is 2. The molecule has 162 valence electrons. The molecule has 2 aromatic carbocycles. The van der Waals surface area contributed by atoms with E-state index in [2.05, 4.69) is 20.8 Å². The molecule has 12 heteroatoms. The SMILES string of the molecule is Cn1c(CC(=O)Nc2cccc(Cl)c2Cl)nnc1SCC(=O)Nc1ccc(Cl)cc1Cl. The molecular weight excluding hydrogens is 504 g/mol. The van der Waals surface area contributed by atoms with Crippen molar-refractivity contribution in [2.24, 2.45) is 7.05 Å². The van der Waals surface area contributed by atoms with Crippen LogP contribution >= 0.6 is 58.2 Å². The van der Waals surface area contributed by atoms with Crippen molar-refractivity contribution in [3.05, 3.63) is 62.3 Å². The Morgan fingerprint density at radius 1 is 0.968 bits per heavy atom. The molecule has 1 aromatic heterocycles. The summed E-state index contributed by atoms with van der Waals surface area (Å²) in [5, 5.41) is 15.4. The Morgan fingerprint density at radius 2 is 1.71 bits per heavy atom. The quantitative estimate of drug-likeness (QED) is 0.412. The van der Waals surface area contributed by atoms with E-state index in [0.717, 1.165) is 0 Å². The fourth-order valence-electron chi connectivity index (χ4n) is 2.47. The zero-order valence-corrected chi connectivity index (χ0v) is 19.8. The molecule has 3 rings (SSSR count). The summed E-state index contributed by atoms with van der Waals surface area (Å²) in [6, 6.07) is 9.76. The molecule has 0 atom stereocenters. The number of anilines is 2. The smallest absolute Gasteiger partial charge is 0.234 e.